The highest BCUT2D eigenvalue weighted by molar-refractivity contribution is 5.85. The Morgan fingerprint density at radius 2 is 2.00 bits per heavy atom. The fraction of sp³-hybridized carbons (Fsp3) is 0.818. The summed E-state index contributed by atoms with van der Waals surface area (Å²) in [6.45, 7) is 11.5. The molecule has 5 heteroatoms. The summed E-state index contributed by atoms with van der Waals surface area (Å²) in [5, 5.41) is 20.6. The molecular formula is C22H34O5. The van der Waals surface area contributed by atoms with Crippen molar-refractivity contribution in [1.29, 1.82) is 0 Å². The van der Waals surface area contributed by atoms with Crippen molar-refractivity contribution in [2.45, 2.75) is 72.0 Å². The predicted octanol–water partition coefficient (Wildman–Crippen LogP) is 2.89. The zero-order valence-corrected chi connectivity index (χ0v) is 17.0. The van der Waals surface area contributed by atoms with E-state index < -0.39 is 35.6 Å². The van der Waals surface area contributed by atoms with E-state index in [4.69, 9.17) is 4.74 Å². The van der Waals surface area contributed by atoms with E-state index in [-0.39, 0.29) is 29.0 Å². The number of hydrogen-bond acceptors (Lipinski definition) is 5. The van der Waals surface area contributed by atoms with Gasteiger partial charge >= 0.3 is 5.97 Å². The van der Waals surface area contributed by atoms with Crippen LogP contribution in [0.5, 0.6) is 0 Å². The molecule has 152 valence electrons. The van der Waals surface area contributed by atoms with Crippen molar-refractivity contribution in [2.24, 2.45) is 34.0 Å². The standard InChI is InChI=1S/C22H34O5/c1-6-20(4)11-16(27-17(25)12-23)21(5)13(2)7-9-22(14(3)19(20)26)10-8-15(24)18(21)22/h6,13-14,16,18-19,23,26H,1,7-12H2,2-5H3/t13-,14-,16+,18-,19-,20-,21-,22-/m0/s1. The van der Waals surface area contributed by atoms with Crippen molar-refractivity contribution in [1.82, 2.24) is 0 Å². The Morgan fingerprint density at radius 1 is 1.33 bits per heavy atom. The third kappa shape index (κ3) is 2.72. The summed E-state index contributed by atoms with van der Waals surface area (Å²) >= 11 is 0. The molecular weight excluding hydrogens is 344 g/mol. The number of esters is 1. The van der Waals surface area contributed by atoms with Crippen LogP contribution in [0.3, 0.4) is 0 Å². The quantitative estimate of drug-likeness (QED) is 0.583. The second-order valence-corrected chi connectivity index (χ2v) is 9.72. The first kappa shape index (κ1) is 20.5. The van der Waals surface area contributed by atoms with Crippen molar-refractivity contribution in [2.75, 3.05) is 6.61 Å². The lowest BCUT2D eigenvalue weighted by Crippen LogP contribution is -2.63. The smallest absolute Gasteiger partial charge is 0.332 e. The van der Waals surface area contributed by atoms with Gasteiger partial charge in [-0.25, -0.2) is 4.79 Å². The molecule has 3 aliphatic rings. The van der Waals surface area contributed by atoms with E-state index in [1.165, 1.54) is 0 Å². The van der Waals surface area contributed by atoms with Gasteiger partial charge in [0.05, 0.1) is 6.10 Å². The molecule has 0 unspecified atom stereocenters. The fourth-order valence-electron chi connectivity index (χ4n) is 6.70. The number of ketones is 1. The van der Waals surface area contributed by atoms with E-state index >= 15 is 0 Å². The number of carbonyl (C=O) groups excluding carboxylic acids is 2. The van der Waals surface area contributed by atoms with E-state index in [0.717, 1.165) is 19.3 Å². The Balaban J connectivity index is 2.21. The third-order valence-corrected chi connectivity index (χ3v) is 8.70. The van der Waals surface area contributed by atoms with Gasteiger partial charge in [0.15, 0.2) is 0 Å². The van der Waals surface area contributed by atoms with Crippen LogP contribution in [0, 0.1) is 34.0 Å². The van der Waals surface area contributed by atoms with Crippen LogP contribution in [-0.2, 0) is 14.3 Å². The fourth-order valence-corrected chi connectivity index (χ4v) is 6.70. The molecule has 5 nitrogen and oxygen atoms in total. The summed E-state index contributed by atoms with van der Waals surface area (Å²) < 4.78 is 5.77. The minimum atomic E-state index is -0.686. The average molecular weight is 379 g/mol. The minimum Gasteiger partial charge on any atom is -0.460 e. The predicted molar refractivity (Wildman–Crippen MR) is 102 cm³/mol. The number of rotatable bonds is 3. The van der Waals surface area contributed by atoms with Gasteiger partial charge in [-0.3, -0.25) is 4.79 Å². The van der Waals surface area contributed by atoms with Crippen LogP contribution in [0.15, 0.2) is 12.7 Å². The largest absolute Gasteiger partial charge is 0.460 e. The van der Waals surface area contributed by atoms with Crippen LogP contribution < -0.4 is 0 Å². The van der Waals surface area contributed by atoms with Crippen molar-refractivity contribution in [3.63, 3.8) is 0 Å². The van der Waals surface area contributed by atoms with Gasteiger partial charge in [0.2, 0.25) is 0 Å². The van der Waals surface area contributed by atoms with Gasteiger partial charge in [-0.15, -0.1) is 6.58 Å². The normalized spacial score (nSPS) is 49.7. The molecule has 0 aromatic carbocycles. The van der Waals surface area contributed by atoms with Crippen LogP contribution in [0.1, 0.15) is 59.8 Å². The number of Topliss-reactive ketones (excluding diaryl/α,β-unsaturated/α-hetero) is 1. The summed E-state index contributed by atoms with van der Waals surface area (Å²) in [4.78, 5) is 25.2. The highest BCUT2D eigenvalue weighted by Crippen LogP contribution is 2.67. The Hall–Kier alpha value is -1.20. The molecule has 0 spiro atoms. The molecule has 8 atom stereocenters. The van der Waals surface area contributed by atoms with Crippen LogP contribution in [0.25, 0.3) is 0 Å². The van der Waals surface area contributed by atoms with Crippen molar-refractivity contribution in [3.05, 3.63) is 12.7 Å². The molecule has 27 heavy (non-hydrogen) atoms. The lowest BCUT2D eigenvalue weighted by atomic mass is 9.44. The van der Waals surface area contributed by atoms with Gasteiger partial charge in [0.1, 0.15) is 18.5 Å². The zero-order chi connectivity index (χ0) is 20.2. The molecule has 0 radical (unpaired) electrons. The molecule has 0 aromatic heterocycles. The van der Waals surface area contributed by atoms with E-state index in [1.807, 2.05) is 6.92 Å². The van der Waals surface area contributed by atoms with Gasteiger partial charge in [-0.2, -0.15) is 0 Å². The molecule has 3 aliphatic carbocycles. The van der Waals surface area contributed by atoms with Crippen molar-refractivity contribution in [3.8, 4) is 0 Å². The Labute approximate surface area is 162 Å². The summed E-state index contributed by atoms with van der Waals surface area (Å²) in [5.74, 6) is -0.520. The number of carbonyl (C=O) groups is 2. The van der Waals surface area contributed by atoms with Gasteiger partial charge in [0, 0.05) is 23.2 Å². The minimum absolute atomic E-state index is 0.0433. The molecule has 0 saturated heterocycles. The average Bonchev–Trinajstić information content (AvgIpc) is 3.00. The maximum Gasteiger partial charge on any atom is 0.332 e. The lowest BCUT2D eigenvalue weighted by Gasteiger charge is -2.61. The number of aliphatic hydroxyl groups excluding tert-OH is 2. The molecule has 2 N–H and O–H groups in total. The van der Waals surface area contributed by atoms with Crippen molar-refractivity contribution < 1.29 is 24.5 Å². The monoisotopic (exact) mass is 378 g/mol. The molecule has 3 fully saturated rings. The summed E-state index contributed by atoms with van der Waals surface area (Å²) in [7, 11) is 0. The second kappa shape index (κ2) is 6.70. The van der Waals surface area contributed by atoms with Gasteiger partial charge in [-0.05, 0) is 42.9 Å². The van der Waals surface area contributed by atoms with E-state index in [0.29, 0.717) is 12.8 Å². The first-order valence-corrected chi connectivity index (χ1v) is 10.2. The Bertz CT molecular complexity index is 645. The summed E-state index contributed by atoms with van der Waals surface area (Å²) in [5.41, 5.74) is -1.43. The highest BCUT2D eigenvalue weighted by atomic mass is 16.6. The first-order valence-electron chi connectivity index (χ1n) is 10.2. The van der Waals surface area contributed by atoms with E-state index in [9.17, 15) is 19.8 Å². The molecule has 0 aromatic rings. The molecule has 0 aliphatic heterocycles. The van der Waals surface area contributed by atoms with Gasteiger partial charge < -0.3 is 14.9 Å². The van der Waals surface area contributed by atoms with Crippen LogP contribution >= 0.6 is 0 Å². The van der Waals surface area contributed by atoms with Crippen molar-refractivity contribution >= 4 is 11.8 Å². The number of ether oxygens (including phenoxy) is 1. The maximum absolute atomic E-state index is 13.1. The summed E-state index contributed by atoms with van der Waals surface area (Å²) in [6, 6.07) is 0. The van der Waals surface area contributed by atoms with Crippen LogP contribution in [0.4, 0.5) is 0 Å². The van der Waals surface area contributed by atoms with Gasteiger partial charge in [-0.1, -0.05) is 33.8 Å². The van der Waals surface area contributed by atoms with Crippen LogP contribution in [-0.4, -0.2) is 40.8 Å². The highest BCUT2D eigenvalue weighted by Gasteiger charge is 2.68. The van der Waals surface area contributed by atoms with E-state index in [1.54, 1.807) is 6.08 Å². The lowest BCUT2D eigenvalue weighted by molar-refractivity contribution is -0.207. The van der Waals surface area contributed by atoms with Gasteiger partial charge in [0.25, 0.3) is 0 Å². The van der Waals surface area contributed by atoms with E-state index in [2.05, 4.69) is 27.4 Å². The zero-order valence-electron chi connectivity index (χ0n) is 17.0. The summed E-state index contributed by atoms with van der Waals surface area (Å²) in [6.07, 6.45) is 4.10. The molecule has 0 heterocycles. The number of aliphatic hydroxyl groups is 2. The first-order chi connectivity index (χ1) is 12.6. The van der Waals surface area contributed by atoms with Crippen LogP contribution in [0.2, 0.25) is 0 Å². The second-order valence-electron chi connectivity index (χ2n) is 9.72. The molecule has 3 rings (SSSR count). The molecule has 0 amide bonds. The topological polar surface area (TPSA) is 83.8 Å². The Kier molecular flexibility index (Phi) is 5.09. The SMILES string of the molecule is C=C[C@@]1(C)C[C@@H](OC(=O)CO)[C@@]2(C)[C@@H]3C(=O)CC[C@@]3(CC[C@@H]2C)[C@@H](C)[C@@H]1O. The third-order valence-electron chi connectivity index (χ3n) is 8.70. The maximum atomic E-state index is 13.1. The molecule has 2 bridgehead atoms. The molecule has 3 saturated carbocycles. The number of hydrogen-bond donors (Lipinski definition) is 2. The Morgan fingerprint density at radius 3 is 2.59 bits per heavy atom.